The molecule has 0 radical (unpaired) electrons. The lowest BCUT2D eigenvalue weighted by Gasteiger charge is -2.20. The van der Waals surface area contributed by atoms with E-state index in [1.54, 1.807) is 28.8 Å². The van der Waals surface area contributed by atoms with Crippen molar-refractivity contribution in [2.45, 2.75) is 25.7 Å². The average molecular weight is 394 g/mol. The zero-order valence-corrected chi connectivity index (χ0v) is 16.0. The van der Waals surface area contributed by atoms with Crippen molar-refractivity contribution in [2.24, 2.45) is 0 Å². The lowest BCUT2D eigenvalue weighted by Crippen LogP contribution is -2.35. The number of hydrogen-bond acceptors (Lipinski definition) is 5. The van der Waals surface area contributed by atoms with E-state index in [4.69, 9.17) is 4.74 Å². The highest BCUT2D eigenvalue weighted by molar-refractivity contribution is 5.77. The average Bonchev–Trinajstić information content (AvgIpc) is 2.97. The molecule has 0 unspecified atom stereocenters. The molecule has 8 nitrogen and oxygen atoms in total. The lowest BCUT2D eigenvalue weighted by molar-refractivity contribution is -0.385. The molecule has 0 aliphatic carbocycles. The Labute approximate surface area is 167 Å². The Balaban J connectivity index is 1.41. The smallest absolute Gasteiger partial charge is 0.286 e. The zero-order valence-electron chi connectivity index (χ0n) is 16.0. The number of benzene rings is 1. The standard InChI is InChI=1S/C21H22N4O4/c26-21(23-11-3-1-2-4-12-23)15-29-18-8-5-16(6-9-18)19-14-24-13-17(25(27)28)7-10-20(24)22-19/h5-10,13-14H,1-4,11-12,15H2. The van der Waals surface area contributed by atoms with Crippen molar-refractivity contribution < 1.29 is 14.5 Å². The number of aromatic nitrogens is 2. The molecule has 0 N–H and O–H groups in total. The number of hydrogen-bond donors (Lipinski definition) is 0. The molecule has 8 heteroatoms. The summed E-state index contributed by atoms with van der Waals surface area (Å²) in [6.45, 7) is 1.66. The van der Waals surface area contributed by atoms with E-state index >= 15 is 0 Å². The first kappa shape index (κ1) is 18.9. The van der Waals surface area contributed by atoms with Gasteiger partial charge >= 0.3 is 0 Å². The molecule has 1 saturated heterocycles. The van der Waals surface area contributed by atoms with Crippen molar-refractivity contribution in [3.05, 3.63) is 58.9 Å². The third-order valence-electron chi connectivity index (χ3n) is 5.12. The van der Waals surface area contributed by atoms with Gasteiger partial charge in [-0.1, -0.05) is 12.8 Å². The minimum Gasteiger partial charge on any atom is -0.484 e. The van der Waals surface area contributed by atoms with Gasteiger partial charge in [0.05, 0.1) is 16.8 Å². The monoisotopic (exact) mass is 394 g/mol. The van der Waals surface area contributed by atoms with Crippen molar-refractivity contribution in [1.29, 1.82) is 0 Å². The summed E-state index contributed by atoms with van der Waals surface area (Å²) >= 11 is 0. The number of nitro groups is 1. The van der Waals surface area contributed by atoms with Gasteiger partial charge < -0.3 is 9.64 Å². The summed E-state index contributed by atoms with van der Waals surface area (Å²) in [5.74, 6) is 0.647. The third-order valence-corrected chi connectivity index (χ3v) is 5.12. The van der Waals surface area contributed by atoms with E-state index < -0.39 is 4.92 Å². The fourth-order valence-electron chi connectivity index (χ4n) is 3.51. The Hall–Kier alpha value is -3.42. The van der Waals surface area contributed by atoms with Gasteiger partial charge in [-0.05, 0) is 43.2 Å². The van der Waals surface area contributed by atoms with Crippen molar-refractivity contribution in [3.63, 3.8) is 0 Å². The third kappa shape index (κ3) is 4.37. The molecule has 3 aromatic rings. The van der Waals surface area contributed by atoms with Crippen LogP contribution in [0.5, 0.6) is 5.75 Å². The van der Waals surface area contributed by atoms with Crippen LogP contribution in [0.3, 0.4) is 0 Å². The molecule has 3 heterocycles. The van der Waals surface area contributed by atoms with Crippen molar-refractivity contribution in [1.82, 2.24) is 14.3 Å². The van der Waals surface area contributed by atoms with Gasteiger partial charge in [0.25, 0.3) is 11.6 Å². The summed E-state index contributed by atoms with van der Waals surface area (Å²) in [4.78, 5) is 29.2. The topological polar surface area (TPSA) is 90.0 Å². The largest absolute Gasteiger partial charge is 0.484 e. The molecular formula is C21H22N4O4. The highest BCUT2D eigenvalue weighted by atomic mass is 16.6. The van der Waals surface area contributed by atoms with Crippen LogP contribution in [0.4, 0.5) is 5.69 Å². The fraction of sp³-hybridized carbons (Fsp3) is 0.333. The molecule has 0 saturated carbocycles. The number of imidazole rings is 1. The molecular weight excluding hydrogens is 372 g/mol. The molecule has 150 valence electrons. The Kier molecular flexibility index (Phi) is 5.41. The van der Waals surface area contributed by atoms with Crippen LogP contribution in [0.1, 0.15) is 25.7 Å². The van der Waals surface area contributed by atoms with Crippen LogP contribution in [0.2, 0.25) is 0 Å². The van der Waals surface area contributed by atoms with Gasteiger partial charge in [-0.2, -0.15) is 0 Å². The van der Waals surface area contributed by atoms with Gasteiger partial charge in [-0.15, -0.1) is 0 Å². The number of nitrogens with zero attached hydrogens (tertiary/aromatic N) is 4. The van der Waals surface area contributed by atoms with Gasteiger partial charge in [0, 0.05) is 30.9 Å². The molecule has 0 spiro atoms. The molecule has 0 atom stereocenters. The lowest BCUT2D eigenvalue weighted by atomic mass is 10.2. The van der Waals surface area contributed by atoms with Crippen LogP contribution >= 0.6 is 0 Å². The number of ether oxygens (including phenoxy) is 1. The number of rotatable bonds is 5. The number of likely N-dealkylation sites (tertiary alicyclic amines) is 1. The van der Waals surface area contributed by atoms with Gasteiger partial charge in [0.1, 0.15) is 11.4 Å². The summed E-state index contributed by atoms with van der Waals surface area (Å²) < 4.78 is 7.30. The van der Waals surface area contributed by atoms with Gasteiger partial charge in [-0.25, -0.2) is 4.98 Å². The number of pyridine rings is 1. The molecule has 1 aliphatic rings. The summed E-state index contributed by atoms with van der Waals surface area (Å²) in [7, 11) is 0. The number of amides is 1. The number of fused-ring (bicyclic) bond motifs is 1. The van der Waals surface area contributed by atoms with Crippen molar-refractivity contribution >= 4 is 17.2 Å². The second-order valence-electron chi connectivity index (χ2n) is 7.14. The summed E-state index contributed by atoms with van der Waals surface area (Å²) in [5, 5.41) is 10.9. The number of carbonyl (C=O) groups excluding carboxylic acids is 1. The van der Waals surface area contributed by atoms with Crippen LogP contribution in [0, 0.1) is 10.1 Å². The molecule has 0 bridgehead atoms. The SMILES string of the molecule is O=C(COc1ccc(-c2cn3cc([N+](=O)[O-])ccc3n2)cc1)N1CCCCCC1. The van der Waals surface area contributed by atoms with E-state index in [0.717, 1.165) is 31.5 Å². The molecule has 4 rings (SSSR count). The molecule has 1 aromatic carbocycles. The minimum atomic E-state index is -0.432. The quantitative estimate of drug-likeness (QED) is 0.486. The normalized spacial score (nSPS) is 14.6. The van der Waals surface area contributed by atoms with Crippen LogP contribution in [-0.2, 0) is 4.79 Å². The first-order valence-corrected chi connectivity index (χ1v) is 9.74. The Morgan fingerprint density at radius 3 is 2.45 bits per heavy atom. The summed E-state index contributed by atoms with van der Waals surface area (Å²) in [6.07, 6.45) is 7.68. The molecule has 1 aliphatic heterocycles. The summed E-state index contributed by atoms with van der Waals surface area (Å²) in [5.41, 5.74) is 2.22. The van der Waals surface area contributed by atoms with Crippen LogP contribution in [-0.4, -0.2) is 44.8 Å². The fourth-order valence-corrected chi connectivity index (χ4v) is 3.51. The zero-order chi connectivity index (χ0) is 20.2. The van der Waals surface area contributed by atoms with Gasteiger partial charge in [0.2, 0.25) is 0 Å². The predicted molar refractivity (Wildman–Crippen MR) is 108 cm³/mol. The second-order valence-corrected chi connectivity index (χ2v) is 7.14. The van der Waals surface area contributed by atoms with Crippen LogP contribution in [0.25, 0.3) is 16.9 Å². The summed E-state index contributed by atoms with van der Waals surface area (Å²) in [6, 6.07) is 10.4. The van der Waals surface area contributed by atoms with E-state index in [1.165, 1.54) is 25.1 Å². The van der Waals surface area contributed by atoms with E-state index in [0.29, 0.717) is 17.1 Å². The molecule has 1 fully saturated rings. The van der Waals surface area contributed by atoms with Crippen LogP contribution < -0.4 is 4.74 Å². The highest BCUT2D eigenvalue weighted by Crippen LogP contribution is 2.23. The number of carbonyl (C=O) groups is 1. The minimum absolute atomic E-state index is 0.0132. The van der Waals surface area contributed by atoms with E-state index in [9.17, 15) is 14.9 Å². The van der Waals surface area contributed by atoms with Gasteiger partial charge in [-0.3, -0.25) is 19.3 Å². The van der Waals surface area contributed by atoms with Gasteiger partial charge in [0.15, 0.2) is 6.61 Å². The molecule has 2 aromatic heterocycles. The Morgan fingerprint density at radius 2 is 1.76 bits per heavy atom. The maximum Gasteiger partial charge on any atom is 0.286 e. The van der Waals surface area contributed by atoms with E-state index in [-0.39, 0.29) is 18.2 Å². The maximum absolute atomic E-state index is 12.3. The second kappa shape index (κ2) is 8.30. The Bertz CT molecular complexity index is 1020. The molecule has 29 heavy (non-hydrogen) atoms. The Morgan fingerprint density at radius 1 is 1.03 bits per heavy atom. The first-order valence-electron chi connectivity index (χ1n) is 9.74. The van der Waals surface area contributed by atoms with Crippen LogP contribution in [0.15, 0.2) is 48.8 Å². The first-order chi connectivity index (χ1) is 14.1. The van der Waals surface area contributed by atoms with Crippen molar-refractivity contribution in [3.8, 4) is 17.0 Å². The highest BCUT2D eigenvalue weighted by Gasteiger charge is 2.16. The maximum atomic E-state index is 12.3. The molecule has 1 amide bonds. The van der Waals surface area contributed by atoms with Crippen molar-refractivity contribution in [2.75, 3.05) is 19.7 Å². The van der Waals surface area contributed by atoms with E-state index in [1.807, 2.05) is 17.0 Å². The van der Waals surface area contributed by atoms with E-state index in [2.05, 4.69) is 4.98 Å². The predicted octanol–water partition coefficient (Wildman–Crippen LogP) is 3.69.